The third kappa shape index (κ3) is 3.82. The summed E-state index contributed by atoms with van der Waals surface area (Å²) >= 11 is 0. The first-order valence-corrected chi connectivity index (χ1v) is 11.0. The van der Waals surface area contributed by atoms with Gasteiger partial charge in [-0.25, -0.2) is 4.39 Å². The topological polar surface area (TPSA) is 39.7 Å². The monoisotopic (exact) mass is 418 g/mol. The number of nitrogens with zero attached hydrogens (tertiary/aromatic N) is 4. The summed E-state index contributed by atoms with van der Waals surface area (Å²) in [5.74, 6) is -0.299. The van der Waals surface area contributed by atoms with E-state index in [-0.39, 0.29) is 11.7 Å². The molecule has 160 valence electrons. The first-order chi connectivity index (χ1) is 15.1. The van der Waals surface area contributed by atoms with E-state index in [1.807, 2.05) is 4.90 Å². The number of rotatable bonds is 3. The van der Waals surface area contributed by atoms with Crippen molar-refractivity contribution < 1.29 is 9.18 Å². The van der Waals surface area contributed by atoms with Crippen molar-refractivity contribution in [3.05, 3.63) is 65.6 Å². The van der Waals surface area contributed by atoms with Crippen LogP contribution in [0.1, 0.15) is 28.8 Å². The van der Waals surface area contributed by atoms with Crippen LogP contribution in [0.3, 0.4) is 0 Å². The molecule has 0 saturated carbocycles. The number of pyridine rings is 1. The summed E-state index contributed by atoms with van der Waals surface area (Å²) in [4.78, 5) is 24.3. The first-order valence-electron chi connectivity index (χ1n) is 11.0. The van der Waals surface area contributed by atoms with Crippen molar-refractivity contribution in [2.45, 2.75) is 19.8 Å². The second-order valence-corrected chi connectivity index (χ2v) is 8.49. The Morgan fingerprint density at radius 1 is 0.903 bits per heavy atom. The van der Waals surface area contributed by atoms with E-state index in [0.29, 0.717) is 10.9 Å². The Balaban J connectivity index is 1.49. The van der Waals surface area contributed by atoms with Gasteiger partial charge in [-0.05, 0) is 50.1 Å². The van der Waals surface area contributed by atoms with Crippen molar-refractivity contribution >= 4 is 28.2 Å². The van der Waals surface area contributed by atoms with Crippen LogP contribution in [0.15, 0.2) is 48.7 Å². The van der Waals surface area contributed by atoms with Crippen LogP contribution in [0.4, 0.5) is 15.8 Å². The van der Waals surface area contributed by atoms with E-state index in [2.05, 4.69) is 46.0 Å². The number of aromatic nitrogens is 1. The Morgan fingerprint density at radius 2 is 1.58 bits per heavy atom. The molecule has 2 aromatic carbocycles. The van der Waals surface area contributed by atoms with Crippen LogP contribution in [-0.4, -0.2) is 55.1 Å². The number of hydrogen-bond donors (Lipinski definition) is 0. The molecule has 2 aliphatic rings. The molecular formula is C25H27FN4O. The third-order valence-electron chi connectivity index (χ3n) is 6.42. The standard InChI is InChI=1S/C25H27FN4O/c1-18-4-7-20(8-5-18)28-12-14-29(15-13-28)24-21-16-19(26)6-9-23(21)27-17-22(24)25(31)30-10-2-3-11-30/h4-9,16-17H,2-3,10-15H2,1H3. The normalized spacial score (nSPS) is 16.9. The van der Waals surface area contributed by atoms with Gasteiger partial charge < -0.3 is 14.7 Å². The number of benzene rings is 2. The molecule has 0 N–H and O–H groups in total. The Bertz CT molecular complexity index is 1100. The fourth-order valence-corrected chi connectivity index (χ4v) is 4.68. The minimum absolute atomic E-state index is 0.00660. The molecule has 1 amide bonds. The van der Waals surface area contributed by atoms with Crippen molar-refractivity contribution in [1.29, 1.82) is 0 Å². The second kappa shape index (κ2) is 8.17. The van der Waals surface area contributed by atoms with Crippen LogP contribution in [-0.2, 0) is 0 Å². The number of carbonyl (C=O) groups excluding carboxylic acids is 1. The number of carbonyl (C=O) groups is 1. The lowest BCUT2D eigenvalue weighted by atomic mass is 10.1. The van der Waals surface area contributed by atoms with Crippen LogP contribution in [0.5, 0.6) is 0 Å². The fourth-order valence-electron chi connectivity index (χ4n) is 4.68. The molecule has 3 aromatic rings. The van der Waals surface area contributed by atoms with Crippen LogP contribution >= 0.6 is 0 Å². The van der Waals surface area contributed by atoms with E-state index in [1.165, 1.54) is 23.4 Å². The highest BCUT2D eigenvalue weighted by Crippen LogP contribution is 2.33. The number of likely N-dealkylation sites (tertiary alicyclic amines) is 1. The minimum Gasteiger partial charge on any atom is -0.368 e. The Labute approximate surface area is 182 Å². The molecule has 0 radical (unpaired) electrons. The summed E-state index contributed by atoms with van der Waals surface area (Å²) in [5.41, 5.74) is 4.59. The van der Waals surface area contributed by atoms with Gasteiger partial charge in [-0.2, -0.15) is 0 Å². The highest BCUT2D eigenvalue weighted by molar-refractivity contribution is 6.07. The number of piperazine rings is 1. The lowest BCUT2D eigenvalue weighted by Gasteiger charge is -2.38. The van der Waals surface area contributed by atoms with E-state index >= 15 is 0 Å². The summed E-state index contributed by atoms with van der Waals surface area (Å²) in [7, 11) is 0. The summed E-state index contributed by atoms with van der Waals surface area (Å²) < 4.78 is 14.2. The maximum absolute atomic E-state index is 14.2. The van der Waals surface area contributed by atoms with Gasteiger partial charge in [0.1, 0.15) is 5.82 Å². The van der Waals surface area contributed by atoms with Crippen molar-refractivity contribution in [2.24, 2.45) is 0 Å². The van der Waals surface area contributed by atoms with Gasteiger partial charge in [-0.1, -0.05) is 17.7 Å². The molecule has 1 aromatic heterocycles. The largest absolute Gasteiger partial charge is 0.368 e. The van der Waals surface area contributed by atoms with Gasteiger partial charge in [0, 0.05) is 56.5 Å². The van der Waals surface area contributed by atoms with Crippen molar-refractivity contribution in [3.8, 4) is 0 Å². The van der Waals surface area contributed by atoms with Crippen LogP contribution in [0.2, 0.25) is 0 Å². The van der Waals surface area contributed by atoms with Gasteiger partial charge in [0.25, 0.3) is 5.91 Å². The summed E-state index contributed by atoms with van der Waals surface area (Å²) in [6, 6.07) is 13.2. The molecule has 2 fully saturated rings. The average molecular weight is 419 g/mol. The van der Waals surface area contributed by atoms with Gasteiger partial charge in [0.2, 0.25) is 0 Å². The number of anilines is 2. The number of aryl methyl sites for hydroxylation is 1. The highest BCUT2D eigenvalue weighted by Gasteiger charge is 2.28. The minimum atomic E-state index is -0.306. The average Bonchev–Trinajstić information content (AvgIpc) is 3.33. The predicted molar refractivity (Wildman–Crippen MR) is 122 cm³/mol. The second-order valence-electron chi connectivity index (χ2n) is 8.49. The molecule has 0 aliphatic carbocycles. The molecule has 6 heteroatoms. The van der Waals surface area contributed by atoms with E-state index in [0.717, 1.165) is 63.3 Å². The molecule has 0 bridgehead atoms. The zero-order valence-corrected chi connectivity index (χ0v) is 17.9. The van der Waals surface area contributed by atoms with Crippen molar-refractivity contribution in [1.82, 2.24) is 9.88 Å². The number of fused-ring (bicyclic) bond motifs is 1. The van der Waals surface area contributed by atoms with Gasteiger partial charge in [-0.15, -0.1) is 0 Å². The smallest absolute Gasteiger partial charge is 0.257 e. The maximum atomic E-state index is 14.2. The predicted octanol–water partition coefficient (Wildman–Crippen LogP) is 4.24. The van der Waals surface area contributed by atoms with Crippen molar-refractivity contribution in [3.63, 3.8) is 0 Å². The summed E-state index contributed by atoms with van der Waals surface area (Å²) in [5, 5.41) is 0.717. The summed E-state index contributed by atoms with van der Waals surface area (Å²) in [6.07, 6.45) is 3.75. The Hall–Kier alpha value is -3.15. The Morgan fingerprint density at radius 3 is 2.29 bits per heavy atom. The molecule has 2 saturated heterocycles. The molecule has 2 aliphatic heterocycles. The zero-order valence-electron chi connectivity index (χ0n) is 17.9. The highest BCUT2D eigenvalue weighted by atomic mass is 19.1. The van der Waals surface area contributed by atoms with Crippen LogP contribution in [0.25, 0.3) is 10.9 Å². The van der Waals surface area contributed by atoms with Gasteiger partial charge >= 0.3 is 0 Å². The molecule has 31 heavy (non-hydrogen) atoms. The van der Waals surface area contributed by atoms with E-state index in [9.17, 15) is 9.18 Å². The van der Waals surface area contributed by atoms with Gasteiger partial charge in [0.15, 0.2) is 0 Å². The van der Waals surface area contributed by atoms with E-state index in [4.69, 9.17) is 0 Å². The zero-order chi connectivity index (χ0) is 21.4. The van der Waals surface area contributed by atoms with Crippen molar-refractivity contribution in [2.75, 3.05) is 49.1 Å². The number of amides is 1. The summed E-state index contributed by atoms with van der Waals surface area (Å²) in [6.45, 7) is 6.88. The molecule has 0 spiro atoms. The molecule has 0 unspecified atom stereocenters. The lowest BCUT2D eigenvalue weighted by molar-refractivity contribution is 0.0793. The lowest BCUT2D eigenvalue weighted by Crippen LogP contribution is -2.47. The van der Waals surface area contributed by atoms with Gasteiger partial charge in [0.05, 0.1) is 16.8 Å². The van der Waals surface area contributed by atoms with Crippen LogP contribution < -0.4 is 9.80 Å². The van der Waals surface area contributed by atoms with E-state index in [1.54, 1.807) is 12.3 Å². The van der Waals surface area contributed by atoms with E-state index < -0.39 is 0 Å². The van der Waals surface area contributed by atoms with Crippen LogP contribution in [0, 0.1) is 12.7 Å². The SMILES string of the molecule is Cc1ccc(N2CCN(c3c(C(=O)N4CCCC4)cnc4ccc(F)cc34)CC2)cc1. The molecular weight excluding hydrogens is 391 g/mol. The molecule has 5 nitrogen and oxygen atoms in total. The maximum Gasteiger partial charge on any atom is 0.257 e. The first kappa shape index (κ1) is 19.8. The fraction of sp³-hybridized carbons (Fsp3) is 0.360. The Kier molecular flexibility index (Phi) is 5.22. The quantitative estimate of drug-likeness (QED) is 0.638. The molecule has 0 atom stereocenters. The van der Waals surface area contributed by atoms with Gasteiger partial charge in [-0.3, -0.25) is 9.78 Å². The molecule has 5 rings (SSSR count). The molecule has 3 heterocycles. The third-order valence-corrected chi connectivity index (χ3v) is 6.42. The number of hydrogen-bond acceptors (Lipinski definition) is 4. The number of halogens is 1.